The van der Waals surface area contributed by atoms with Gasteiger partial charge in [-0.3, -0.25) is 4.79 Å². The summed E-state index contributed by atoms with van der Waals surface area (Å²) in [5, 5.41) is 11.7. The Labute approximate surface area is 133 Å². The van der Waals surface area contributed by atoms with Crippen molar-refractivity contribution in [2.75, 3.05) is 5.75 Å². The van der Waals surface area contributed by atoms with Crippen LogP contribution < -0.4 is 0 Å². The molecule has 0 bridgehead atoms. The Morgan fingerprint density at radius 3 is 2.76 bits per heavy atom. The van der Waals surface area contributed by atoms with Gasteiger partial charge in [0.2, 0.25) is 0 Å². The molecule has 0 aliphatic rings. The number of imidazole rings is 1. The number of thiophene rings is 1. The summed E-state index contributed by atoms with van der Waals surface area (Å²) < 4.78 is 2.17. The fourth-order valence-electron chi connectivity index (χ4n) is 2.16. The number of hydrogen-bond acceptors (Lipinski definition) is 4. The molecule has 21 heavy (non-hydrogen) atoms. The quantitative estimate of drug-likeness (QED) is 0.844. The highest BCUT2D eigenvalue weighted by atomic mass is 32.2. The van der Waals surface area contributed by atoms with Gasteiger partial charge in [0.25, 0.3) is 0 Å². The molecule has 0 aromatic carbocycles. The molecule has 1 atom stereocenters. The number of aromatic nitrogens is 2. The number of thioether (sulfide) groups is 1. The van der Waals surface area contributed by atoms with Crippen LogP contribution in [-0.2, 0) is 10.2 Å². The fraction of sp³-hybridized carbons (Fsp3) is 0.467. The van der Waals surface area contributed by atoms with Crippen molar-refractivity contribution < 1.29 is 9.90 Å². The van der Waals surface area contributed by atoms with Gasteiger partial charge in [0.05, 0.1) is 11.8 Å². The van der Waals surface area contributed by atoms with Gasteiger partial charge in [0.1, 0.15) is 0 Å². The summed E-state index contributed by atoms with van der Waals surface area (Å²) in [6.07, 6.45) is 1.87. The molecule has 6 heteroatoms. The van der Waals surface area contributed by atoms with Crippen molar-refractivity contribution in [1.29, 1.82) is 0 Å². The molecule has 2 aromatic rings. The second-order valence-corrected chi connectivity index (χ2v) is 7.84. The third-order valence-electron chi connectivity index (χ3n) is 3.20. The molecular weight excluding hydrogens is 304 g/mol. The average Bonchev–Trinajstić information content (AvgIpc) is 3.03. The fourth-order valence-corrected chi connectivity index (χ4v) is 3.71. The summed E-state index contributed by atoms with van der Waals surface area (Å²) in [5.41, 5.74) is 1.08. The lowest BCUT2D eigenvalue weighted by Gasteiger charge is -2.25. The Kier molecular flexibility index (Phi) is 4.78. The standard InChI is InChI=1S/C15H20N2O2S2/c1-10(11-6-5-7-20-11)17-12(15(2,3)4)8-16-14(17)21-9-13(18)19/h5-8,10H,9H2,1-4H3,(H,18,19). The Bertz CT molecular complexity index is 612. The molecule has 2 heterocycles. The van der Waals surface area contributed by atoms with E-state index >= 15 is 0 Å². The van der Waals surface area contributed by atoms with E-state index in [-0.39, 0.29) is 17.2 Å². The number of carbonyl (C=O) groups is 1. The van der Waals surface area contributed by atoms with Crippen LogP contribution >= 0.6 is 23.1 Å². The third-order valence-corrected chi connectivity index (χ3v) is 5.19. The number of rotatable bonds is 5. The van der Waals surface area contributed by atoms with Gasteiger partial charge in [-0.25, -0.2) is 4.98 Å². The summed E-state index contributed by atoms with van der Waals surface area (Å²) in [6, 6.07) is 4.29. The van der Waals surface area contributed by atoms with E-state index in [0.29, 0.717) is 0 Å². The monoisotopic (exact) mass is 324 g/mol. The molecule has 0 fully saturated rings. The van der Waals surface area contributed by atoms with Gasteiger partial charge >= 0.3 is 5.97 Å². The number of aliphatic carboxylic acids is 1. The smallest absolute Gasteiger partial charge is 0.313 e. The molecule has 4 nitrogen and oxygen atoms in total. The summed E-state index contributed by atoms with van der Waals surface area (Å²) >= 11 is 2.98. The molecule has 0 amide bonds. The second-order valence-electron chi connectivity index (χ2n) is 5.92. The summed E-state index contributed by atoms with van der Waals surface area (Å²) in [4.78, 5) is 16.5. The van der Waals surface area contributed by atoms with Gasteiger partial charge in [-0.05, 0) is 18.4 Å². The van der Waals surface area contributed by atoms with Crippen LogP contribution in [0.2, 0.25) is 0 Å². The van der Waals surface area contributed by atoms with Crippen LogP contribution in [0.1, 0.15) is 44.3 Å². The number of nitrogens with zero attached hydrogens (tertiary/aromatic N) is 2. The van der Waals surface area contributed by atoms with Crippen LogP contribution in [0.3, 0.4) is 0 Å². The van der Waals surface area contributed by atoms with E-state index in [2.05, 4.69) is 48.7 Å². The Balaban J connectivity index is 2.43. The average molecular weight is 324 g/mol. The molecule has 0 spiro atoms. The highest BCUT2D eigenvalue weighted by Crippen LogP contribution is 2.34. The molecule has 0 aliphatic heterocycles. The minimum atomic E-state index is -0.823. The van der Waals surface area contributed by atoms with Gasteiger partial charge < -0.3 is 9.67 Å². The molecule has 2 aromatic heterocycles. The molecule has 1 unspecified atom stereocenters. The first-order chi connectivity index (χ1) is 9.80. The van der Waals surface area contributed by atoms with E-state index in [1.54, 1.807) is 11.3 Å². The van der Waals surface area contributed by atoms with E-state index in [4.69, 9.17) is 5.11 Å². The largest absolute Gasteiger partial charge is 0.481 e. The van der Waals surface area contributed by atoms with Crippen molar-refractivity contribution in [3.63, 3.8) is 0 Å². The van der Waals surface area contributed by atoms with Crippen LogP contribution in [0, 0.1) is 0 Å². The van der Waals surface area contributed by atoms with E-state index in [1.165, 1.54) is 16.6 Å². The lowest BCUT2D eigenvalue weighted by atomic mass is 9.92. The normalized spacial score (nSPS) is 13.3. The predicted molar refractivity (Wildman–Crippen MR) is 87.4 cm³/mol. The van der Waals surface area contributed by atoms with Gasteiger partial charge in [-0.2, -0.15) is 0 Å². The van der Waals surface area contributed by atoms with Crippen molar-refractivity contribution in [3.05, 3.63) is 34.3 Å². The van der Waals surface area contributed by atoms with Crippen molar-refractivity contribution in [3.8, 4) is 0 Å². The lowest BCUT2D eigenvalue weighted by molar-refractivity contribution is -0.133. The Hall–Kier alpha value is -1.27. The Morgan fingerprint density at radius 2 is 2.24 bits per heavy atom. The number of carboxylic acid groups (broad SMARTS) is 1. The molecule has 0 radical (unpaired) electrons. The maximum atomic E-state index is 10.8. The molecule has 2 rings (SSSR count). The minimum absolute atomic E-state index is 0.0256. The maximum Gasteiger partial charge on any atom is 0.313 e. The van der Waals surface area contributed by atoms with Gasteiger partial charge in [-0.15, -0.1) is 11.3 Å². The molecule has 114 valence electrons. The van der Waals surface area contributed by atoms with Crippen molar-refractivity contribution >= 4 is 29.1 Å². The molecule has 0 aliphatic carbocycles. The molecular formula is C15H20N2O2S2. The highest BCUT2D eigenvalue weighted by Gasteiger charge is 2.26. The van der Waals surface area contributed by atoms with E-state index in [0.717, 1.165) is 10.9 Å². The van der Waals surface area contributed by atoms with Crippen LogP contribution in [0.5, 0.6) is 0 Å². The molecule has 1 N–H and O–H groups in total. The first-order valence-corrected chi connectivity index (χ1v) is 8.63. The van der Waals surface area contributed by atoms with Crippen LogP contribution in [-0.4, -0.2) is 26.4 Å². The van der Waals surface area contributed by atoms with E-state index < -0.39 is 5.97 Å². The van der Waals surface area contributed by atoms with Gasteiger partial charge in [0, 0.05) is 22.2 Å². The highest BCUT2D eigenvalue weighted by molar-refractivity contribution is 7.99. The first kappa shape index (κ1) is 16.1. The number of hydrogen-bond donors (Lipinski definition) is 1. The maximum absolute atomic E-state index is 10.8. The molecule has 0 saturated heterocycles. The zero-order chi connectivity index (χ0) is 15.6. The van der Waals surface area contributed by atoms with Crippen molar-refractivity contribution in [2.24, 2.45) is 0 Å². The van der Waals surface area contributed by atoms with E-state index in [1.807, 2.05) is 12.3 Å². The van der Waals surface area contributed by atoms with Crippen LogP contribution in [0.15, 0.2) is 28.9 Å². The zero-order valence-electron chi connectivity index (χ0n) is 12.7. The topological polar surface area (TPSA) is 55.1 Å². The molecule has 0 saturated carbocycles. The minimum Gasteiger partial charge on any atom is -0.481 e. The summed E-state index contributed by atoms with van der Waals surface area (Å²) in [6.45, 7) is 8.57. The van der Waals surface area contributed by atoms with Crippen molar-refractivity contribution in [1.82, 2.24) is 9.55 Å². The lowest BCUT2D eigenvalue weighted by Crippen LogP contribution is -2.20. The first-order valence-electron chi connectivity index (χ1n) is 6.76. The summed E-state index contributed by atoms with van der Waals surface area (Å²) in [7, 11) is 0. The van der Waals surface area contributed by atoms with Gasteiger partial charge in [-0.1, -0.05) is 38.6 Å². The summed E-state index contributed by atoms with van der Waals surface area (Å²) in [5.74, 6) is -0.798. The van der Waals surface area contributed by atoms with Crippen LogP contribution in [0.25, 0.3) is 0 Å². The van der Waals surface area contributed by atoms with E-state index in [9.17, 15) is 4.79 Å². The SMILES string of the molecule is CC(c1cccs1)n1c(C(C)(C)C)cnc1SCC(=O)O. The van der Waals surface area contributed by atoms with Crippen LogP contribution in [0.4, 0.5) is 0 Å². The zero-order valence-corrected chi connectivity index (χ0v) is 14.3. The number of carboxylic acids is 1. The second kappa shape index (κ2) is 6.23. The Morgan fingerprint density at radius 1 is 1.52 bits per heavy atom. The van der Waals surface area contributed by atoms with Crippen molar-refractivity contribution in [2.45, 2.75) is 44.3 Å². The predicted octanol–water partition coefficient (Wildman–Crippen LogP) is 4.03. The third kappa shape index (κ3) is 3.68. The van der Waals surface area contributed by atoms with Gasteiger partial charge in [0.15, 0.2) is 5.16 Å².